The van der Waals surface area contributed by atoms with Gasteiger partial charge in [0.2, 0.25) is 5.91 Å². The number of amides is 2. The van der Waals surface area contributed by atoms with Crippen molar-refractivity contribution in [2.45, 2.75) is 76.0 Å². The zero-order valence-corrected chi connectivity index (χ0v) is 22.9. The van der Waals surface area contributed by atoms with Gasteiger partial charge in [0.05, 0.1) is 43.4 Å². The second-order valence-corrected chi connectivity index (χ2v) is 10.6. The van der Waals surface area contributed by atoms with E-state index in [-0.39, 0.29) is 19.5 Å². The van der Waals surface area contributed by atoms with Crippen molar-refractivity contribution in [3.05, 3.63) is 71.8 Å². The van der Waals surface area contributed by atoms with Gasteiger partial charge in [-0.05, 0) is 44.7 Å². The fraction of sp³-hybridized carbons (Fsp3) is 0.517. The molecule has 2 aromatic rings. The molecule has 1 unspecified atom stereocenters. The molecule has 10 nitrogen and oxygen atoms in total. The average molecular weight is 546 g/mol. The maximum atomic E-state index is 12.4. The lowest BCUT2D eigenvalue weighted by Crippen LogP contribution is -2.52. The molecule has 2 rings (SSSR count). The molecule has 0 heterocycles. The highest BCUT2D eigenvalue weighted by Gasteiger charge is 2.27. The summed E-state index contributed by atoms with van der Waals surface area (Å²) >= 11 is 0. The Morgan fingerprint density at radius 1 is 0.795 bits per heavy atom. The third kappa shape index (κ3) is 13.1. The number of aliphatic hydroxyl groups is 4. The predicted molar refractivity (Wildman–Crippen MR) is 148 cm³/mol. The zero-order chi connectivity index (χ0) is 28.8. The summed E-state index contributed by atoms with van der Waals surface area (Å²) in [5, 5.41) is 49.0. The first-order valence-corrected chi connectivity index (χ1v) is 13.2. The van der Waals surface area contributed by atoms with E-state index in [2.05, 4.69) is 16.0 Å². The highest BCUT2D eigenvalue weighted by molar-refractivity contribution is 5.76. The van der Waals surface area contributed by atoms with Gasteiger partial charge in [0.1, 0.15) is 5.60 Å². The normalized spacial score (nSPS) is 15.5. The van der Waals surface area contributed by atoms with Crippen molar-refractivity contribution < 1.29 is 34.8 Å². The number of carbonyl (C=O) groups is 2. The van der Waals surface area contributed by atoms with Crippen LogP contribution in [0.15, 0.2) is 60.7 Å². The summed E-state index contributed by atoms with van der Waals surface area (Å²) in [4.78, 5) is 24.8. The van der Waals surface area contributed by atoms with E-state index >= 15 is 0 Å². The van der Waals surface area contributed by atoms with Crippen molar-refractivity contribution in [3.63, 3.8) is 0 Å². The van der Waals surface area contributed by atoms with E-state index < -0.39 is 54.6 Å². The molecular formula is C29H43N3O7. The van der Waals surface area contributed by atoms with Crippen molar-refractivity contribution in [1.29, 1.82) is 0 Å². The van der Waals surface area contributed by atoms with E-state index in [0.717, 1.165) is 11.1 Å². The summed E-state index contributed by atoms with van der Waals surface area (Å²) in [7, 11) is 0. The molecule has 0 bridgehead atoms. The maximum Gasteiger partial charge on any atom is 0.407 e. The van der Waals surface area contributed by atoms with E-state index in [0.29, 0.717) is 12.8 Å². The van der Waals surface area contributed by atoms with E-state index in [9.17, 15) is 24.9 Å². The molecule has 0 spiro atoms. The number of rotatable bonds is 15. The Morgan fingerprint density at radius 2 is 1.26 bits per heavy atom. The van der Waals surface area contributed by atoms with Crippen molar-refractivity contribution in [3.8, 4) is 0 Å². The standard InChI is InChI=1S/C29H43N3O7/c1-29(2,3)39-28(38)32-24(15-21-12-8-5-9-13-21)26(36)18-30-17-25(35)23(14-20-10-6-4-7-11-20)31-27(37)16-22(34)19-33/h4-13,22-26,30,33-36H,14-19H2,1-3H3,(H,31,37)(H,32,38)/t22?,23-,24-,25+,26+/m0/s1. The first kappa shape index (κ1) is 32.2. The molecule has 0 aliphatic rings. The number of nitrogens with one attached hydrogen (secondary N) is 3. The van der Waals surface area contributed by atoms with Gasteiger partial charge >= 0.3 is 6.09 Å². The van der Waals surface area contributed by atoms with Crippen LogP contribution >= 0.6 is 0 Å². The fourth-order valence-corrected chi connectivity index (χ4v) is 3.97. The first-order valence-electron chi connectivity index (χ1n) is 13.2. The monoisotopic (exact) mass is 545 g/mol. The van der Waals surface area contributed by atoms with Gasteiger partial charge < -0.3 is 41.1 Å². The number of benzene rings is 2. The Labute approximate surface area is 230 Å². The van der Waals surface area contributed by atoms with Gasteiger partial charge in [0.15, 0.2) is 0 Å². The molecule has 0 saturated heterocycles. The molecule has 7 N–H and O–H groups in total. The molecule has 0 aromatic heterocycles. The quantitative estimate of drug-likeness (QED) is 0.174. The molecule has 39 heavy (non-hydrogen) atoms. The van der Waals surface area contributed by atoms with Crippen LogP contribution in [-0.2, 0) is 22.4 Å². The molecule has 10 heteroatoms. The van der Waals surface area contributed by atoms with Crippen LogP contribution in [0, 0.1) is 0 Å². The summed E-state index contributed by atoms with van der Waals surface area (Å²) in [5.41, 5.74) is 1.13. The third-order valence-corrected chi connectivity index (χ3v) is 5.91. The number of hydrogen-bond donors (Lipinski definition) is 7. The minimum Gasteiger partial charge on any atom is -0.444 e. The van der Waals surface area contributed by atoms with Crippen LogP contribution < -0.4 is 16.0 Å². The van der Waals surface area contributed by atoms with Gasteiger partial charge in [0, 0.05) is 13.1 Å². The van der Waals surface area contributed by atoms with Crippen molar-refractivity contribution >= 4 is 12.0 Å². The largest absolute Gasteiger partial charge is 0.444 e. The number of alkyl carbamates (subject to hydrolysis) is 1. The Hall–Kier alpha value is -3.02. The van der Waals surface area contributed by atoms with Crippen molar-refractivity contribution in [2.24, 2.45) is 0 Å². The van der Waals surface area contributed by atoms with Crippen molar-refractivity contribution in [1.82, 2.24) is 16.0 Å². The van der Waals surface area contributed by atoms with Crippen LogP contribution in [0.3, 0.4) is 0 Å². The maximum absolute atomic E-state index is 12.4. The fourth-order valence-electron chi connectivity index (χ4n) is 3.97. The summed E-state index contributed by atoms with van der Waals surface area (Å²) < 4.78 is 5.36. The molecule has 0 aliphatic carbocycles. The first-order chi connectivity index (χ1) is 18.5. The minimum atomic E-state index is -1.19. The highest BCUT2D eigenvalue weighted by atomic mass is 16.6. The Bertz CT molecular complexity index is 985. The smallest absolute Gasteiger partial charge is 0.407 e. The molecule has 5 atom stereocenters. The summed E-state index contributed by atoms with van der Waals surface area (Å²) in [6.07, 6.45) is -3.45. The molecule has 2 amide bonds. The highest BCUT2D eigenvalue weighted by Crippen LogP contribution is 2.11. The molecule has 0 fully saturated rings. The van der Waals surface area contributed by atoms with Gasteiger partial charge in [0.25, 0.3) is 0 Å². The Kier molecular flexibility index (Phi) is 13.3. The van der Waals surface area contributed by atoms with Crippen LogP contribution in [0.2, 0.25) is 0 Å². The van der Waals surface area contributed by atoms with E-state index in [1.807, 2.05) is 60.7 Å². The number of hydrogen-bond acceptors (Lipinski definition) is 8. The van der Waals surface area contributed by atoms with Crippen molar-refractivity contribution in [2.75, 3.05) is 19.7 Å². The lowest BCUT2D eigenvalue weighted by atomic mass is 9.99. The number of carbonyl (C=O) groups excluding carboxylic acids is 2. The molecule has 0 radical (unpaired) electrons. The van der Waals surface area contributed by atoms with Gasteiger partial charge in [-0.15, -0.1) is 0 Å². The summed E-state index contributed by atoms with van der Waals surface area (Å²) in [5.74, 6) is -0.499. The van der Waals surface area contributed by atoms with Crippen LogP contribution in [0.5, 0.6) is 0 Å². The third-order valence-electron chi connectivity index (χ3n) is 5.91. The minimum absolute atomic E-state index is 0.0435. The van der Waals surface area contributed by atoms with Gasteiger partial charge in [-0.25, -0.2) is 4.79 Å². The lowest BCUT2D eigenvalue weighted by molar-refractivity contribution is -0.125. The van der Waals surface area contributed by atoms with E-state index in [1.54, 1.807) is 20.8 Å². The average Bonchev–Trinajstić information content (AvgIpc) is 2.87. The van der Waals surface area contributed by atoms with Crippen LogP contribution in [0.1, 0.15) is 38.3 Å². The SMILES string of the molecule is CC(C)(C)OC(=O)N[C@@H](Cc1ccccc1)[C@H](O)CNC[C@@H](O)[C@H](Cc1ccccc1)NC(=O)CC(O)CO. The van der Waals surface area contributed by atoms with Gasteiger partial charge in [-0.3, -0.25) is 4.79 Å². The predicted octanol–water partition coefficient (Wildman–Crippen LogP) is 0.905. The zero-order valence-electron chi connectivity index (χ0n) is 22.9. The molecule has 0 aliphatic heterocycles. The number of aliphatic hydroxyl groups excluding tert-OH is 4. The van der Waals surface area contributed by atoms with Crippen LogP contribution in [-0.4, -0.2) is 88.1 Å². The van der Waals surface area contributed by atoms with Gasteiger partial charge in [-0.1, -0.05) is 60.7 Å². The lowest BCUT2D eigenvalue weighted by Gasteiger charge is -2.28. The Balaban J connectivity index is 2.01. The van der Waals surface area contributed by atoms with E-state index in [1.165, 1.54) is 0 Å². The molecular weight excluding hydrogens is 502 g/mol. The van der Waals surface area contributed by atoms with Crippen LogP contribution in [0.25, 0.3) is 0 Å². The summed E-state index contributed by atoms with van der Waals surface area (Å²) in [6, 6.07) is 17.4. The Morgan fingerprint density at radius 3 is 1.69 bits per heavy atom. The summed E-state index contributed by atoms with van der Waals surface area (Å²) in [6.45, 7) is 4.83. The topological polar surface area (TPSA) is 160 Å². The van der Waals surface area contributed by atoms with E-state index in [4.69, 9.17) is 9.84 Å². The number of ether oxygens (including phenoxy) is 1. The second-order valence-electron chi connectivity index (χ2n) is 10.6. The van der Waals surface area contributed by atoms with Crippen LogP contribution in [0.4, 0.5) is 4.79 Å². The molecule has 216 valence electrons. The molecule has 0 saturated carbocycles. The second kappa shape index (κ2) is 16.2. The van der Waals surface area contributed by atoms with Gasteiger partial charge in [-0.2, -0.15) is 0 Å². The molecule has 2 aromatic carbocycles.